The molecule has 0 radical (unpaired) electrons. The Kier molecular flexibility index (Phi) is 8.33. The SMILES string of the molecule is COc1ccc(S(=O)(=O)N2C(=O)C(c3ccc(CNC(C)C)cc3OC)(N3CCC[C@H]3c3ncco3)c3cc(C#N)ccc32)cc1. The quantitative estimate of drug-likeness (QED) is 0.255. The van der Waals surface area contributed by atoms with Gasteiger partial charge in [-0.25, -0.2) is 17.7 Å². The number of oxazole rings is 1. The number of nitrogens with zero attached hydrogens (tertiary/aromatic N) is 4. The van der Waals surface area contributed by atoms with E-state index in [0.29, 0.717) is 54.4 Å². The third kappa shape index (κ3) is 5.01. The molecule has 46 heavy (non-hydrogen) atoms. The predicted octanol–water partition coefficient (Wildman–Crippen LogP) is 4.88. The Morgan fingerprint density at radius 3 is 2.52 bits per heavy atom. The lowest BCUT2D eigenvalue weighted by Crippen LogP contribution is -2.54. The van der Waals surface area contributed by atoms with Crippen LogP contribution in [-0.2, 0) is 26.9 Å². The van der Waals surface area contributed by atoms with Gasteiger partial charge in [-0.05, 0) is 66.9 Å². The summed E-state index contributed by atoms with van der Waals surface area (Å²) in [6.45, 7) is 5.08. The molecule has 2 aliphatic rings. The summed E-state index contributed by atoms with van der Waals surface area (Å²) in [6.07, 6.45) is 4.34. The van der Waals surface area contributed by atoms with Crippen LogP contribution in [0.25, 0.3) is 0 Å². The smallest absolute Gasteiger partial charge is 0.271 e. The molecule has 1 N–H and O–H groups in total. The topological polar surface area (TPSA) is 138 Å². The predicted molar refractivity (Wildman–Crippen MR) is 170 cm³/mol. The van der Waals surface area contributed by atoms with Crippen molar-refractivity contribution < 1.29 is 27.1 Å². The summed E-state index contributed by atoms with van der Waals surface area (Å²) in [5.74, 6) is 0.586. The van der Waals surface area contributed by atoms with E-state index in [0.717, 1.165) is 9.87 Å². The van der Waals surface area contributed by atoms with Crippen molar-refractivity contribution in [3.63, 3.8) is 0 Å². The molecule has 0 bridgehead atoms. The lowest BCUT2D eigenvalue weighted by atomic mass is 9.80. The Balaban J connectivity index is 1.64. The number of amides is 1. The summed E-state index contributed by atoms with van der Waals surface area (Å²) in [5.41, 5.74) is 0.462. The first-order valence-corrected chi connectivity index (χ1v) is 16.5. The summed E-state index contributed by atoms with van der Waals surface area (Å²) < 4.78 is 46.8. The van der Waals surface area contributed by atoms with E-state index in [4.69, 9.17) is 13.9 Å². The fraction of sp³-hybridized carbons (Fsp3) is 0.324. The van der Waals surface area contributed by atoms with Crippen molar-refractivity contribution in [2.75, 3.05) is 25.1 Å². The van der Waals surface area contributed by atoms with Gasteiger partial charge in [-0.1, -0.05) is 26.0 Å². The lowest BCUT2D eigenvalue weighted by Gasteiger charge is -2.41. The zero-order valence-electron chi connectivity index (χ0n) is 26.1. The maximum Gasteiger partial charge on any atom is 0.271 e. The van der Waals surface area contributed by atoms with Gasteiger partial charge in [-0.15, -0.1) is 0 Å². The number of benzene rings is 3. The van der Waals surface area contributed by atoms with Crippen LogP contribution in [-0.4, -0.2) is 51.0 Å². The molecule has 1 amide bonds. The van der Waals surface area contributed by atoms with Crippen LogP contribution in [0.15, 0.2) is 82.4 Å². The molecule has 3 heterocycles. The number of methoxy groups -OCH3 is 2. The van der Waals surface area contributed by atoms with Crippen molar-refractivity contribution in [3.05, 3.63) is 101 Å². The van der Waals surface area contributed by atoms with Gasteiger partial charge in [-0.3, -0.25) is 9.69 Å². The highest BCUT2D eigenvalue weighted by Gasteiger charge is 2.62. The zero-order chi connectivity index (χ0) is 32.6. The zero-order valence-corrected chi connectivity index (χ0v) is 26.9. The van der Waals surface area contributed by atoms with Gasteiger partial charge in [0.25, 0.3) is 15.9 Å². The van der Waals surface area contributed by atoms with Crippen LogP contribution in [0.5, 0.6) is 11.5 Å². The number of hydrogen-bond donors (Lipinski definition) is 1. The molecule has 12 heteroatoms. The van der Waals surface area contributed by atoms with Crippen LogP contribution < -0.4 is 19.1 Å². The molecule has 2 atom stereocenters. The van der Waals surface area contributed by atoms with Crippen molar-refractivity contribution in [2.24, 2.45) is 0 Å². The van der Waals surface area contributed by atoms with Gasteiger partial charge in [0.15, 0.2) is 5.54 Å². The summed E-state index contributed by atoms with van der Waals surface area (Å²) in [7, 11) is -1.43. The molecule has 0 saturated carbocycles. The third-order valence-corrected chi connectivity index (χ3v) is 10.3. The molecular formula is C34H35N5O6S. The van der Waals surface area contributed by atoms with Gasteiger partial charge in [0, 0.05) is 30.3 Å². The van der Waals surface area contributed by atoms with Gasteiger partial charge in [0.05, 0.1) is 48.7 Å². The van der Waals surface area contributed by atoms with Crippen molar-refractivity contribution in [2.45, 2.75) is 55.8 Å². The molecule has 1 aromatic heterocycles. The summed E-state index contributed by atoms with van der Waals surface area (Å²) in [4.78, 5) is 21.7. The van der Waals surface area contributed by atoms with Gasteiger partial charge in [-0.2, -0.15) is 5.26 Å². The highest BCUT2D eigenvalue weighted by atomic mass is 32.2. The van der Waals surface area contributed by atoms with Crippen molar-refractivity contribution in [3.8, 4) is 17.6 Å². The van der Waals surface area contributed by atoms with Crippen molar-refractivity contribution >= 4 is 21.6 Å². The number of nitriles is 1. The van der Waals surface area contributed by atoms with E-state index < -0.39 is 27.5 Å². The lowest BCUT2D eigenvalue weighted by molar-refractivity contribution is -0.127. The largest absolute Gasteiger partial charge is 0.497 e. The number of nitrogens with one attached hydrogen (secondary N) is 1. The summed E-state index contributed by atoms with van der Waals surface area (Å²) >= 11 is 0. The highest BCUT2D eigenvalue weighted by molar-refractivity contribution is 7.93. The van der Waals surface area contributed by atoms with E-state index >= 15 is 4.79 Å². The number of anilines is 1. The van der Waals surface area contributed by atoms with E-state index in [1.807, 2.05) is 23.1 Å². The summed E-state index contributed by atoms with van der Waals surface area (Å²) in [5, 5.41) is 13.4. The Hall–Kier alpha value is -4.70. The number of carbonyl (C=O) groups excluding carboxylic acids is 1. The van der Waals surface area contributed by atoms with Gasteiger partial charge < -0.3 is 19.2 Å². The number of fused-ring (bicyclic) bond motifs is 1. The average Bonchev–Trinajstić information content (AvgIpc) is 3.82. The molecule has 2 aliphatic heterocycles. The third-order valence-electron chi connectivity index (χ3n) is 8.62. The van der Waals surface area contributed by atoms with Crippen LogP contribution in [0.1, 0.15) is 60.9 Å². The molecule has 3 aromatic carbocycles. The number of sulfonamides is 1. The molecule has 11 nitrogen and oxygen atoms in total. The fourth-order valence-corrected chi connectivity index (χ4v) is 7.98. The second-order valence-corrected chi connectivity index (χ2v) is 13.4. The Morgan fingerprint density at radius 2 is 1.87 bits per heavy atom. The van der Waals surface area contributed by atoms with Gasteiger partial charge >= 0.3 is 0 Å². The minimum atomic E-state index is -4.44. The molecular weight excluding hydrogens is 606 g/mol. The first-order valence-electron chi connectivity index (χ1n) is 15.0. The fourth-order valence-electron chi connectivity index (χ4n) is 6.52. The molecule has 0 spiro atoms. The van der Waals surface area contributed by atoms with E-state index in [-0.39, 0.29) is 22.2 Å². The number of hydrogen-bond acceptors (Lipinski definition) is 10. The van der Waals surface area contributed by atoms with Crippen LogP contribution in [0.4, 0.5) is 5.69 Å². The van der Waals surface area contributed by atoms with E-state index in [9.17, 15) is 13.7 Å². The van der Waals surface area contributed by atoms with Crippen molar-refractivity contribution in [1.82, 2.24) is 15.2 Å². The molecule has 1 saturated heterocycles. The maximum atomic E-state index is 15.4. The minimum absolute atomic E-state index is 0.0829. The minimum Gasteiger partial charge on any atom is -0.497 e. The Bertz CT molecular complexity index is 1900. The molecule has 238 valence electrons. The van der Waals surface area contributed by atoms with Crippen LogP contribution in [0, 0.1) is 11.3 Å². The van der Waals surface area contributed by atoms with E-state index in [1.54, 1.807) is 12.3 Å². The monoisotopic (exact) mass is 641 g/mol. The van der Waals surface area contributed by atoms with Crippen molar-refractivity contribution in [1.29, 1.82) is 5.26 Å². The average molecular weight is 642 g/mol. The van der Waals surface area contributed by atoms with Crippen LogP contribution in [0.3, 0.4) is 0 Å². The molecule has 1 fully saturated rings. The molecule has 4 aromatic rings. The number of carbonyl (C=O) groups is 1. The highest BCUT2D eigenvalue weighted by Crippen LogP contribution is 2.56. The molecule has 0 aliphatic carbocycles. The normalized spacial score (nSPS) is 19.8. The first-order chi connectivity index (χ1) is 22.2. The number of aromatic nitrogens is 1. The van der Waals surface area contributed by atoms with Crippen LogP contribution >= 0.6 is 0 Å². The summed E-state index contributed by atoms with van der Waals surface area (Å²) in [6, 6.07) is 18.1. The molecule has 6 rings (SSSR count). The Morgan fingerprint density at radius 1 is 1.09 bits per heavy atom. The van der Waals surface area contributed by atoms with Crippen LogP contribution in [0.2, 0.25) is 0 Å². The van der Waals surface area contributed by atoms with Gasteiger partial charge in [0.2, 0.25) is 5.89 Å². The second-order valence-electron chi connectivity index (χ2n) is 11.6. The first kappa shape index (κ1) is 31.3. The number of ether oxygens (including phenoxy) is 2. The van der Waals surface area contributed by atoms with E-state index in [2.05, 4.69) is 30.2 Å². The standard InChI is InChI=1S/C34H35N5O6S/c1-22(2)37-21-24-7-13-27(31(19-24)44-4)34(38-16-5-6-30(38)32-36-15-17-45-32)28-18-23(20-35)8-14-29(28)39(33(34)40)46(41,42)26-11-9-25(43-3)10-12-26/h7-15,17-19,22,30,37H,5-6,16,21H2,1-4H3/t30-,34?/m0/s1. The Labute approximate surface area is 268 Å². The number of rotatable bonds is 10. The van der Waals surface area contributed by atoms with Gasteiger partial charge in [0.1, 0.15) is 17.8 Å². The maximum absolute atomic E-state index is 15.4. The second kappa shape index (κ2) is 12.2. The molecule has 1 unspecified atom stereocenters. The van der Waals surface area contributed by atoms with E-state index in [1.165, 1.54) is 56.9 Å². The number of likely N-dealkylation sites (tertiary alicyclic amines) is 1.